The van der Waals surface area contributed by atoms with Gasteiger partial charge in [-0.3, -0.25) is 10.2 Å². The number of carbonyl (C=O) groups excluding carboxylic acids is 1. The highest BCUT2D eigenvalue weighted by Crippen LogP contribution is 2.22. The van der Waals surface area contributed by atoms with E-state index in [0.717, 1.165) is 5.16 Å². The van der Waals surface area contributed by atoms with Gasteiger partial charge < -0.3 is 4.57 Å². The minimum absolute atomic E-state index is 0.154. The number of nitrogens with zero attached hydrogens (tertiary/aromatic N) is 2. The summed E-state index contributed by atoms with van der Waals surface area (Å²) in [6.45, 7) is 1.97. The van der Waals surface area contributed by atoms with Crippen molar-refractivity contribution in [2.45, 2.75) is 23.8 Å². The summed E-state index contributed by atoms with van der Waals surface area (Å²) in [6, 6.07) is 0. The van der Waals surface area contributed by atoms with Crippen molar-refractivity contribution in [1.29, 1.82) is 0 Å². The molecule has 78 valence electrons. The van der Waals surface area contributed by atoms with Crippen LogP contribution in [0.15, 0.2) is 17.6 Å². The first-order chi connectivity index (χ1) is 6.63. The van der Waals surface area contributed by atoms with E-state index >= 15 is 0 Å². The van der Waals surface area contributed by atoms with Crippen molar-refractivity contribution in [1.82, 2.24) is 15.0 Å². The Morgan fingerprint density at radius 3 is 3.07 bits per heavy atom. The Labute approximate surface area is 87.0 Å². The number of thioether (sulfide) groups is 1. The highest BCUT2D eigenvalue weighted by Gasteiger charge is 2.11. The van der Waals surface area contributed by atoms with Crippen LogP contribution in [0.3, 0.4) is 0 Å². The predicted molar refractivity (Wildman–Crippen MR) is 55.5 cm³/mol. The Morgan fingerprint density at radius 2 is 2.57 bits per heavy atom. The second-order valence-corrected chi connectivity index (χ2v) is 4.43. The molecule has 0 aliphatic heterocycles. The topological polar surface area (TPSA) is 72.9 Å². The number of rotatable bonds is 4. The van der Waals surface area contributed by atoms with Crippen LogP contribution in [0.2, 0.25) is 0 Å². The maximum absolute atomic E-state index is 11.0. The van der Waals surface area contributed by atoms with Crippen LogP contribution < -0.4 is 11.3 Å². The summed E-state index contributed by atoms with van der Waals surface area (Å²) in [6.07, 6.45) is 4.00. The summed E-state index contributed by atoms with van der Waals surface area (Å²) in [7, 11) is 1.92. The molecule has 0 aliphatic rings. The van der Waals surface area contributed by atoms with Gasteiger partial charge in [-0.05, 0) is 0 Å². The van der Waals surface area contributed by atoms with Crippen LogP contribution in [-0.4, -0.2) is 20.7 Å². The molecule has 6 heteroatoms. The second kappa shape index (κ2) is 5.02. The maximum Gasteiger partial charge on any atom is 0.234 e. The second-order valence-electron chi connectivity index (χ2n) is 3.02. The van der Waals surface area contributed by atoms with Crippen LogP contribution in [0.1, 0.15) is 13.3 Å². The van der Waals surface area contributed by atoms with Gasteiger partial charge in [0.05, 0.1) is 0 Å². The Balaban J connectivity index is 2.45. The molecule has 3 N–H and O–H groups in total. The van der Waals surface area contributed by atoms with Crippen molar-refractivity contribution in [2.24, 2.45) is 12.9 Å². The molecular weight excluding hydrogens is 200 g/mol. The monoisotopic (exact) mass is 214 g/mol. The van der Waals surface area contributed by atoms with Crippen molar-refractivity contribution >= 4 is 17.7 Å². The normalized spacial score (nSPS) is 12.5. The first-order valence-electron chi connectivity index (χ1n) is 4.27. The molecule has 5 nitrogen and oxygen atoms in total. The lowest BCUT2D eigenvalue weighted by Gasteiger charge is -2.09. The number of aromatic nitrogens is 2. The van der Waals surface area contributed by atoms with E-state index in [-0.39, 0.29) is 11.2 Å². The van der Waals surface area contributed by atoms with Gasteiger partial charge in [-0.15, -0.1) is 0 Å². The number of hydrogen-bond acceptors (Lipinski definition) is 4. The molecule has 1 rings (SSSR count). The number of amides is 1. The fourth-order valence-electron chi connectivity index (χ4n) is 1.01. The SMILES string of the molecule is CC(CC(=O)NN)Sc1nccn1C. The van der Waals surface area contributed by atoms with Crippen molar-refractivity contribution in [3.63, 3.8) is 0 Å². The van der Waals surface area contributed by atoms with Gasteiger partial charge in [0, 0.05) is 31.1 Å². The molecule has 1 atom stereocenters. The van der Waals surface area contributed by atoms with Gasteiger partial charge in [0.1, 0.15) is 0 Å². The molecule has 0 bridgehead atoms. The van der Waals surface area contributed by atoms with Crippen LogP contribution in [0.4, 0.5) is 0 Å². The van der Waals surface area contributed by atoms with Crippen LogP contribution in [0.25, 0.3) is 0 Å². The standard InChI is InChI=1S/C8H14N4OS/c1-6(5-7(13)11-9)14-8-10-3-4-12(8)2/h3-4,6H,5,9H2,1-2H3,(H,11,13). The van der Waals surface area contributed by atoms with Gasteiger partial charge in [0.15, 0.2) is 5.16 Å². The zero-order chi connectivity index (χ0) is 10.6. The lowest BCUT2D eigenvalue weighted by Crippen LogP contribution is -2.31. The molecule has 0 saturated heterocycles. The van der Waals surface area contributed by atoms with Crippen LogP contribution in [0.5, 0.6) is 0 Å². The molecular formula is C8H14N4OS. The molecule has 0 aliphatic carbocycles. The maximum atomic E-state index is 11.0. The first kappa shape index (κ1) is 11.1. The lowest BCUT2D eigenvalue weighted by atomic mass is 10.3. The number of nitrogens with two attached hydrogens (primary N) is 1. The Kier molecular flexibility index (Phi) is 3.97. The summed E-state index contributed by atoms with van der Waals surface area (Å²) >= 11 is 1.56. The lowest BCUT2D eigenvalue weighted by molar-refractivity contribution is -0.121. The van der Waals surface area contributed by atoms with Gasteiger partial charge in [-0.2, -0.15) is 0 Å². The average Bonchev–Trinajstić information content (AvgIpc) is 2.51. The molecule has 0 aromatic carbocycles. The van der Waals surface area contributed by atoms with Crippen molar-refractivity contribution in [3.8, 4) is 0 Å². The van der Waals surface area contributed by atoms with Gasteiger partial charge in [0.2, 0.25) is 5.91 Å². The van der Waals surface area contributed by atoms with E-state index < -0.39 is 0 Å². The zero-order valence-electron chi connectivity index (χ0n) is 8.23. The minimum atomic E-state index is -0.154. The molecule has 1 aromatic heterocycles. The Morgan fingerprint density at radius 1 is 1.86 bits per heavy atom. The number of hydrazine groups is 1. The third-order valence-corrected chi connectivity index (χ3v) is 2.89. The number of hydrogen-bond donors (Lipinski definition) is 2. The summed E-state index contributed by atoms with van der Waals surface area (Å²) < 4.78 is 1.92. The number of nitrogens with one attached hydrogen (secondary N) is 1. The molecule has 1 aromatic rings. The number of aryl methyl sites for hydroxylation is 1. The summed E-state index contributed by atoms with van der Waals surface area (Å²) in [5.41, 5.74) is 2.11. The van der Waals surface area contributed by atoms with E-state index in [1.165, 1.54) is 0 Å². The first-order valence-corrected chi connectivity index (χ1v) is 5.15. The number of carbonyl (C=O) groups is 1. The number of imidazole rings is 1. The van der Waals surface area contributed by atoms with E-state index in [1.807, 2.05) is 24.7 Å². The molecule has 14 heavy (non-hydrogen) atoms. The third-order valence-electron chi connectivity index (χ3n) is 1.72. The highest BCUT2D eigenvalue weighted by molar-refractivity contribution is 7.99. The Hall–Kier alpha value is -1.01. The Bertz CT molecular complexity index is 312. The predicted octanol–water partition coefficient (Wildman–Crippen LogP) is 0.281. The van der Waals surface area contributed by atoms with Crippen LogP contribution in [-0.2, 0) is 11.8 Å². The molecule has 0 radical (unpaired) electrons. The third kappa shape index (κ3) is 3.04. The van der Waals surface area contributed by atoms with E-state index in [4.69, 9.17) is 5.84 Å². The van der Waals surface area contributed by atoms with Crippen LogP contribution >= 0.6 is 11.8 Å². The van der Waals surface area contributed by atoms with Gasteiger partial charge in [-0.25, -0.2) is 10.8 Å². The van der Waals surface area contributed by atoms with Crippen molar-refractivity contribution in [3.05, 3.63) is 12.4 Å². The van der Waals surface area contributed by atoms with E-state index in [9.17, 15) is 4.79 Å². The van der Waals surface area contributed by atoms with Gasteiger partial charge in [0.25, 0.3) is 0 Å². The van der Waals surface area contributed by atoms with E-state index in [2.05, 4.69) is 10.4 Å². The molecule has 0 spiro atoms. The zero-order valence-corrected chi connectivity index (χ0v) is 9.04. The smallest absolute Gasteiger partial charge is 0.234 e. The fraction of sp³-hybridized carbons (Fsp3) is 0.500. The average molecular weight is 214 g/mol. The van der Waals surface area contributed by atoms with E-state index in [1.54, 1.807) is 18.0 Å². The molecule has 1 unspecified atom stereocenters. The molecule has 1 heterocycles. The van der Waals surface area contributed by atoms with Gasteiger partial charge >= 0.3 is 0 Å². The summed E-state index contributed by atoms with van der Waals surface area (Å²) in [4.78, 5) is 15.1. The molecule has 0 saturated carbocycles. The minimum Gasteiger partial charge on any atom is -0.329 e. The van der Waals surface area contributed by atoms with Crippen molar-refractivity contribution < 1.29 is 4.79 Å². The van der Waals surface area contributed by atoms with Crippen LogP contribution in [0, 0.1) is 0 Å². The summed E-state index contributed by atoms with van der Waals surface area (Å²) in [5, 5.41) is 1.07. The fourth-order valence-corrected chi connectivity index (χ4v) is 1.95. The van der Waals surface area contributed by atoms with Crippen molar-refractivity contribution in [2.75, 3.05) is 0 Å². The van der Waals surface area contributed by atoms with E-state index in [0.29, 0.717) is 6.42 Å². The summed E-state index contributed by atoms with van der Waals surface area (Å²) in [5.74, 6) is 4.84. The van der Waals surface area contributed by atoms with Gasteiger partial charge in [-0.1, -0.05) is 18.7 Å². The highest BCUT2D eigenvalue weighted by atomic mass is 32.2. The largest absolute Gasteiger partial charge is 0.329 e. The quantitative estimate of drug-likeness (QED) is 0.327. The molecule has 0 fully saturated rings. The molecule has 1 amide bonds.